The molecule has 2 aromatic rings. The third-order valence-corrected chi connectivity index (χ3v) is 6.78. The van der Waals surface area contributed by atoms with Gasteiger partial charge in [-0.25, -0.2) is 13.4 Å². The number of hydrogen-bond donors (Lipinski definition) is 0. The molecule has 0 bridgehead atoms. The molecule has 1 saturated heterocycles. The van der Waals surface area contributed by atoms with Gasteiger partial charge in [-0.15, -0.1) is 0 Å². The van der Waals surface area contributed by atoms with Crippen molar-refractivity contribution in [2.75, 3.05) is 19.8 Å². The highest BCUT2D eigenvalue weighted by atomic mass is 35.5. The molecular formula is C18H19ClN2O4S. The van der Waals surface area contributed by atoms with Gasteiger partial charge in [0.05, 0.1) is 19.3 Å². The fourth-order valence-corrected chi connectivity index (χ4v) is 5.14. The first-order valence-electron chi connectivity index (χ1n) is 8.59. The van der Waals surface area contributed by atoms with Crippen molar-refractivity contribution < 1.29 is 17.9 Å². The van der Waals surface area contributed by atoms with E-state index in [0.29, 0.717) is 31.3 Å². The summed E-state index contributed by atoms with van der Waals surface area (Å²) in [7, 11) is -3.64. The highest BCUT2D eigenvalue weighted by Gasteiger charge is 2.36. The van der Waals surface area contributed by atoms with E-state index in [9.17, 15) is 8.42 Å². The van der Waals surface area contributed by atoms with E-state index in [1.165, 1.54) is 22.6 Å². The topological polar surface area (TPSA) is 68.7 Å². The predicted molar refractivity (Wildman–Crippen MR) is 97.2 cm³/mol. The van der Waals surface area contributed by atoms with E-state index in [4.69, 9.17) is 21.1 Å². The Balaban J connectivity index is 1.66. The maximum atomic E-state index is 13.1. The zero-order valence-corrected chi connectivity index (χ0v) is 15.7. The van der Waals surface area contributed by atoms with Crippen LogP contribution in [0.3, 0.4) is 0 Å². The van der Waals surface area contributed by atoms with Crippen molar-refractivity contribution in [3.8, 4) is 11.5 Å². The fourth-order valence-electron chi connectivity index (χ4n) is 3.40. The molecule has 1 aromatic heterocycles. The predicted octanol–water partition coefficient (Wildman–Crippen LogP) is 3.42. The number of fused-ring (bicyclic) bond motifs is 1. The van der Waals surface area contributed by atoms with Gasteiger partial charge in [0.2, 0.25) is 10.0 Å². The summed E-state index contributed by atoms with van der Waals surface area (Å²) in [5.41, 5.74) is 0.914. The monoisotopic (exact) mass is 394 g/mol. The SMILES string of the molecule is O=S(=O)(c1ccc(Cl)nc1)N1CCCC1c1ccc2c(c1)OCCCO2. The van der Waals surface area contributed by atoms with E-state index in [0.717, 1.165) is 24.8 Å². The second-order valence-corrected chi connectivity index (χ2v) is 8.62. The molecule has 0 N–H and O–H groups in total. The van der Waals surface area contributed by atoms with Crippen LogP contribution in [-0.4, -0.2) is 37.5 Å². The van der Waals surface area contributed by atoms with Crippen LogP contribution in [0.1, 0.15) is 30.9 Å². The van der Waals surface area contributed by atoms with Gasteiger partial charge in [-0.3, -0.25) is 0 Å². The Morgan fingerprint density at radius 3 is 2.65 bits per heavy atom. The van der Waals surface area contributed by atoms with Crippen LogP contribution in [0, 0.1) is 0 Å². The van der Waals surface area contributed by atoms with Crippen molar-refractivity contribution in [2.24, 2.45) is 0 Å². The first-order valence-corrected chi connectivity index (χ1v) is 10.4. The maximum Gasteiger partial charge on any atom is 0.245 e. The quantitative estimate of drug-likeness (QED) is 0.746. The normalized spacial score (nSPS) is 20.7. The number of ether oxygens (including phenoxy) is 2. The van der Waals surface area contributed by atoms with Crippen molar-refractivity contribution in [2.45, 2.75) is 30.2 Å². The van der Waals surface area contributed by atoms with Gasteiger partial charge in [-0.05, 0) is 42.7 Å². The highest BCUT2D eigenvalue weighted by Crippen LogP contribution is 2.40. The minimum absolute atomic E-state index is 0.156. The molecule has 138 valence electrons. The minimum atomic E-state index is -3.64. The van der Waals surface area contributed by atoms with Gasteiger partial charge in [-0.1, -0.05) is 17.7 Å². The first kappa shape index (κ1) is 17.6. The molecule has 0 saturated carbocycles. The largest absolute Gasteiger partial charge is 0.490 e. The maximum absolute atomic E-state index is 13.1. The molecule has 4 rings (SSSR count). The molecule has 6 nitrogen and oxygen atoms in total. The molecule has 1 fully saturated rings. The molecule has 1 unspecified atom stereocenters. The Hall–Kier alpha value is -1.83. The molecule has 3 heterocycles. The van der Waals surface area contributed by atoms with E-state index < -0.39 is 10.0 Å². The van der Waals surface area contributed by atoms with Crippen LogP contribution >= 0.6 is 11.6 Å². The van der Waals surface area contributed by atoms with E-state index in [2.05, 4.69) is 4.98 Å². The van der Waals surface area contributed by atoms with Crippen molar-refractivity contribution in [3.63, 3.8) is 0 Å². The number of rotatable bonds is 3. The van der Waals surface area contributed by atoms with Crippen molar-refractivity contribution in [3.05, 3.63) is 47.2 Å². The number of sulfonamides is 1. The Morgan fingerprint density at radius 2 is 1.88 bits per heavy atom. The van der Waals surface area contributed by atoms with Crippen LogP contribution in [0.4, 0.5) is 0 Å². The third-order valence-electron chi connectivity index (χ3n) is 4.67. The molecule has 2 aliphatic heterocycles. The summed E-state index contributed by atoms with van der Waals surface area (Å²) >= 11 is 5.78. The lowest BCUT2D eigenvalue weighted by molar-refractivity contribution is 0.296. The summed E-state index contributed by atoms with van der Waals surface area (Å²) in [6.07, 6.45) is 3.71. The van der Waals surface area contributed by atoms with Gasteiger partial charge < -0.3 is 9.47 Å². The summed E-state index contributed by atoms with van der Waals surface area (Å²) in [4.78, 5) is 4.06. The molecule has 2 aliphatic rings. The average Bonchev–Trinajstić information content (AvgIpc) is 3.02. The molecular weight excluding hydrogens is 376 g/mol. The fraction of sp³-hybridized carbons (Fsp3) is 0.389. The average molecular weight is 395 g/mol. The molecule has 8 heteroatoms. The van der Waals surface area contributed by atoms with Gasteiger partial charge in [0, 0.05) is 19.2 Å². The molecule has 0 radical (unpaired) electrons. The number of halogens is 1. The van der Waals surface area contributed by atoms with E-state index in [1.807, 2.05) is 18.2 Å². The van der Waals surface area contributed by atoms with Crippen molar-refractivity contribution >= 4 is 21.6 Å². The number of aromatic nitrogens is 1. The highest BCUT2D eigenvalue weighted by molar-refractivity contribution is 7.89. The molecule has 26 heavy (non-hydrogen) atoms. The van der Waals surface area contributed by atoms with Crippen molar-refractivity contribution in [1.29, 1.82) is 0 Å². The van der Waals surface area contributed by atoms with Crippen LogP contribution in [0.15, 0.2) is 41.4 Å². The van der Waals surface area contributed by atoms with Crippen LogP contribution < -0.4 is 9.47 Å². The Labute approximate surface area is 157 Å². The lowest BCUT2D eigenvalue weighted by Crippen LogP contribution is -2.30. The second kappa shape index (κ2) is 7.06. The van der Waals surface area contributed by atoms with Crippen LogP contribution in [-0.2, 0) is 10.0 Å². The molecule has 0 amide bonds. The first-order chi connectivity index (χ1) is 12.6. The van der Waals surface area contributed by atoms with Gasteiger partial charge in [0.1, 0.15) is 10.0 Å². The number of pyridine rings is 1. The van der Waals surface area contributed by atoms with Gasteiger partial charge in [-0.2, -0.15) is 4.31 Å². The summed E-state index contributed by atoms with van der Waals surface area (Å²) in [6, 6.07) is 8.45. The summed E-state index contributed by atoms with van der Waals surface area (Å²) in [6.45, 7) is 1.70. The van der Waals surface area contributed by atoms with E-state index >= 15 is 0 Å². The number of nitrogens with zero attached hydrogens (tertiary/aromatic N) is 2. The second-order valence-electron chi connectivity index (χ2n) is 6.35. The Bertz CT molecular complexity index is 902. The summed E-state index contributed by atoms with van der Waals surface area (Å²) < 4.78 is 39.1. The smallest absolute Gasteiger partial charge is 0.245 e. The molecule has 1 aromatic carbocycles. The van der Waals surface area contributed by atoms with E-state index in [1.54, 1.807) is 0 Å². The molecule has 0 aliphatic carbocycles. The van der Waals surface area contributed by atoms with Crippen molar-refractivity contribution in [1.82, 2.24) is 9.29 Å². The minimum Gasteiger partial charge on any atom is -0.490 e. The lowest BCUT2D eigenvalue weighted by atomic mass is 10.0. The van der Waals surface area contributed by atoms with Gasteiger partial charge >= 0.3 is 0 Å². The number of benzene rings is 1. The summed E-state index contributed by atoms with van der Waals surface area (Å²) in [5.74, 6) is 1.39. The van der Waals surface area contributed by atoms with Gasteiger partial charge in [0.25, 0.3) is 0 Å². The van der Waals surface area contributed by atoms with Crippen LogP contribution in [0.2, 0.25) is 5.15 Å². The third kappa shape index (κ3) is 3.26. The molecule has 0 spiro atoms. The number of hydrogen-bond acceptors (Lipinski definition) is 5. The van der Waals surface area contributed by atoms with Gasteiger partial charge in [0.15, 0.2) is 11.5 Å². The lowest BCUT2D eigenvalue weighted by Gasteiger charge is -2.25. The van der Waals surface area contributed by atoms with Crippen LogP contribution in [0.5, 0.6) is 11.5 Å². The standard InChI is InChI=1S/C18H19ClN2O4S/c19-18-7-5-14(12-20-18)26(22,23)21-8-1-3-15(21)13-4-6-16-17(11-13)25-10-2-9-24-16/h4-7,11-12,15H,1-3,8-10H2. The Kier molecular flexibility index (Phi) is 4.77. The Morgan fingerprint density at radius 1 is 1.08 bits per heavy atom. The van der Waals surface area contributed by atoms with Crippen LogP contribution in [0.25, 0.3) is 0 Å². The molecule has 1 atom stereocenters. The zero-order chi connectivity index (χ0) is 18.1. The zero-order valence-electron chi connectivity index (χ0n) is 14.1. The van der Waals surface area contributed by atoms with E-state index in [-0.39, 0.29) is 16.1 Å². The summed E-state index contributed by atoms with van der Waals surface area (Å²) in [5, 5.41) is 0.268.